The highest BCUT2D eigenvalue weighted by atomic mass is 35.5. The van der Waals surface area contributed by atoms with Crippen LogP contribution >= 0.6 is 22.9 Å². The molecule has 0 unspecified atom stereocenters. The number of hydrogen-bond donors (Lipinski definition) is 2. The van der Waals surface area contributed by atoms with Crippen LogP contribution in [0.5, 0.6) is 0 Å². The zero-order valence-electron chi connectivity index (χ0n) is 12.6. The largest absolute Gasteiger partial charge is 0.321 e. The number of carbonyl (C=O) groups excluding carboxylic acids is 2. The molecule has 3 rings (SSSR count). The molecule has 0 radical (unpaired) electrons. The molecular weight excluding hydrogens is 348 g/mol. The number of amides is 2. The Labute approximate surface area is 147 Å². The maximum atomic E-state index is 12.2. The van der Waals surface area contributed by atoms with Crippen molar-refractivity contribution < 1.29 is 9.59 Å². The number of anilines is 2. The molecule has 0 spiro atoms. The summed E-state index contributed by atoms with van der Waals surface area (Å²) in [4.78, 5) is 24.9. The number of aryl methyl sites for hydroxylation is 1. The molecule has 6 nitrogen and oxygen atoms in total. The number of nitrogens with one attached hydrogen (secondary N) is 2. The molecule has 0 aliphatic heterocycles. The molecular formula is C16H13ClN4O2S. The first-order valence-corrected chi connectivity index (χ1v) is 8.24. The predicted octanol–water partition coefficient (Wildman–Crippen LogP) is 3.64. The van der Waals surface area contributed by atoms with Crippen LogP contribution in [0.4, 0.5) is 11.5 Å². The number of thiophene rings is 1. The summed E-state index contributed by atoms with van der Waals surface area (Å²) < 4.78 is 1.45. The van der Waals surface area contributed by atoms with Gasteiger partial charge in [0.2, 0.25) is 0 Å². The Hall–Kier alpha value is -2.64. The molecule has 2 amide bonds. The molecule has 0 aliphatic rings. The highest BCUT2D eigenvalue weighted by Gasteiger charge is 2.15. The first kappa shape index (κ1) is 16.2. The Morgan fingerprint density at radius 1 is 1.12 bits per heavy atom. The Bertz CT molecular complexity index is 872. The molecule has 2 N–H and O–H groups in total. The van der Waals surface area contributed by atoms with E-state index in [1.165, 1.54) is 22.1 Å². The minimum Gasteiger partial charge on any atom is -0.321 e. The van der Waals surface area contributed by atoms with Crippen LogP contribution in [0.25, 0.3) is 0 Å². The van der Waals surface area contributed by atoms with Crippen molar-refractivity contribution in [3.8, 4) is 0 Å². The maximum absolute atomic E-state index is 12.2. The van der Waals surface area contributed by atoms with Crippen molar-refractivity contribution in [1.82, 2.24) is 9.78 Å². The molecule has 0 fully saturated rings. The van der Waals surface area contributed by atoms with Crippen molar-refractivity contribution in [3.05, 3.63) is 63.4 Å². The third-order valence-corrected chi connectivity index (χ3v) is 4.32. The molecule has 8 heteroatoms. The van der Waals surface area contributed by atoms with Crippen molar-refractivity contribution >= 4 is 46.3 Å². The van der Waals surface area contributed by atoms with Crippen molar-refractivity contribution in [2.24, 2.45) is 7.05 Å². The molecule has 24 heavy (non-hydrogen) atoms. The van der Waals surface area contributed by atoms with Gasteiger partial charge in [-0.25, -0.2) is 0 Å². The van der Waals surface area contributed by atoms with Crippen molar-refractivity contribution in [2.45, 2.75) is 0 Å². The minimum atomic E-state index is -0.371. The quantitative estimate of drug-likeness (QED) is 0.745. The molecule has 1 aromatic carbocycles. The third-order valence-electron chi connectivity index (χ3n) is 3.20. The lowest BCUT2D eigenvalue weighted by molar-refractivity contribution is 0.101. The van der Waals surface area contributed by atoms with Gasteiger partial charge in [-0.15, -0.1) is 11.3 Å². The highest BCUT2D eigenvalue weighted by molar-refractivity contribution is 7.12. The van der Waals surface area contributed by atoms with Crippen LogP contribution in [0.3, 0.4) is 0 Å². The fraction of sp³-hybridized carbons (Fsp3) is 0.0625. The van der Waals surface area contributed by atoms with Gasteiger partial charge in [0.25, 0.3) is 11.8 Å². The van der Waals surface area contributed by atoms with E-state index in [2.05, 4.69) is 15.7 Å². The second kappa shape index (κ2) is 6.86. The van der Waals surface area contributed by atoms with Gasteiger partial charge in [-0.3, -0.25) is 14.3 Å². The van der Waals surface area contributed by atoms with Gasteiger partial charge in [0.15, 0.2) is 5.69 Å². The summed E-state index contributed by atoms with van der Waals surface area (Å²) in [7, 11) is 1.66. The predicted molar refractivity (Wildman–Crippen MR) is 94.9 cm³/mol. The fourth-order valence-corrected chi connectivity index (χ4v) is 2.75. The van der Waals surface area contributed by atoms with E-state index in [1.807, 2.05) is 5.38 Å². The van der Waals surface area contributed by atoms with Crippen LogP contribution in [0.1, 0.15) is 20.2 Å². The van der Waals surface area contributed by atoms with E-state index in [0.717, 1.165) is 0 Å². The average Bonchev–Trinajstić information content (AvgIpc) is 3.20. The summed E-state index contributed by atoms with van der Waals surface area (Å²) in [6, 6.07) is 11.8. The van der Waals surface area contributed by atoms with Crippen LogP contribution in [0.2, 0.25) is 5.02 Å². The Balaban J connectivity index is 1.72. The SMILES string of the molecule is Cn1nc(C(=O)Nc2ccc(Cl)cc2)cc1NC(=O)c1cccs1. The lowest BCUT2D eigenvalue weighted by Gasteiger charge is -2.02. The Kier molecular flexibility index (Phi) is 4.64. The van der Waals surface area contributed by atoms with Gasteiger partial charge in [-0.2, -0.15) is 5.10 Å². The average molecular weight is 361 g/mol. The highest BCUT2D eigenvalue weighted by Crippen LogP contribution is 2.17. The summed E-state index contributed by atoms with van der Waals surface area (Å²) in [5.41, 5.74) is 0.813. The van der Waals surface area contributed by atoms with E-state index in [4.69, 9.17) is 11.6 Å². The lowest BCUT2D eigenvalue weighted by atomic mass is 10.3. The number of hydrogen-bond acceptors (Lipinski definition) is 4. The van der Waals surface area contributed by atoms with Gasteiger partial charge in [-0.05, 0) is 35.7 Å². The topological polar surface area (TPSA) is 76.0 Å². The number of rotatable bonds is 4. The van der Waals surface area contributed by atoms with E-state index >= 15 is 0 Å². The molecule has 2 aromatic heterocycles. The van der Waals surface area contributed by atoms with E-state index < -0.39 is 0 Å². The molecule has 3 aromatic rings. The number of nitrogens with zero attached hydrogens (tertiary/aromatic N) is 2. The summed E-state index contributed by atoms with van der Waals surface area (Å²) in [5, 5.41) is 12.0. The van der Waals surface area contributed by atoms with Gasteiger partial charge in [0.1, 0.15) is 5.82 Å². The first-order valence-electron chi connectivity index (χ1n) is 6.99. The van der Waals surface area contributed by atoms with Gasteiger partial charge in [0.05, 0.1) is 4.88 Å². The monoisotopic (exact) mass is 360 g/mol. The summed E-state index contributed by atoms with van der Waals surface area (Å²) >= 11 is 7.15. The number of carbonyl (C=O) groups is 2. The number of benzene rings is 1. The second-order valence-electron chi connectivity index (χ2n) is 4.93. The molecule has 0 atom stereocenters. The van der Waals surface area contributed by atoms with E-state index in [1.54, 1.807) is 43.4 Å². The zero-order valence-corrected chi connectivity index (χ0v) is 14.2. The fourth-order valence-electron chi connectivity index (χ4n) is 2.01. The van der Waals surface area contributed by atoms with Crippen LogP contribution in [-0.2, 0) is 7.05 Å². The molecule has 0 bridgehead atoms. The molecule has 0 aliphatic carbocycles. The van der Waals surface area contributed by atoms with E-state index in [0.29, 0.717) is 21.4 Å². The standard InChI is InChI=1S/C16H13ClN4O2S/c1-21-14(19-16(23)13-3-2-8-24-13)9-12(20-21)15(22)18-11-6-4-10(17)5-7-11/h2-9H,1H3,(H,18,22)(H,19,23). The summed E-state index contributed by atoms with van der Waals surface area (Å²) in [6.45, 7) is 0. The van der Waals surface area contributed by atoms with Crippen molar-refractivity contribution in [3.63, 3.8) is 0 Å². The number of halogens is 1. The maximum Gasteiger partial charge on any atom is 0.276 e. The molecule has 2 heterocycles. The normalized spacial score (nSPS) is 10.4. The summed E-state index contributed by atoms with van der Waals surface area (Å²) in [5.74, 6) is -0.170. The number of aromatic nitrogens is 2. The van der Waals surface area contributed by atoms with Gasteiger partial charge < -0.3 is 10.6 Å². The van der Waals surface area contributed by atoms with Gasteiger partial charge in [0, 0.05) is 23.8 Å². The Morgan fingerprint density at radius 3 is 2.54 bits per heavy atom. The smallest absolute Gasteiger partial charge is 0.276 e. The molecule has 0 saturated carbocycles. The lowest BCUT2D eigenvalue weighted by Crippen LogP contribution is -2.13. The molecule has 122 valence electrons. The summed E-state index contributed by atoms with van der Waals surface area (Å²) in [6.07, 6.45) is 0. The van der Waals surface area contributed by atoms with Crippen LogP contribution in [0.15, 0.2) is 47.8 Å². The second-order valence-corrected chi connectivity index (χ2v) is 6.31. The van der Waals surface area contributed by atoms with Gasteiger partial charge in [-0.1, -0.05) is 17.7 Å². The van der Waals surface area contributed by atoms with E-state index in [-0.39, 0.29) is 17.5 Å². The zero-order chi connectivity index (χ0) is 17.1. The van der Waals surface area contributed by atoms with Crippen molar-refractivity contribution in [1.29, 1.82) is 0 Å². The minimum absolute atomic E-state index is 0.203. The van der Waals surface area contributed by atoms with E-state index in [9.17, 15) is 9.59 Å². The van der Waals surface area contributed by atoms with Crippen LogP contribution in [0, 0.1) is 0 Å². The van der Waals surface area contributed by atoms with Crippen LogP contribution in [-0.4, -0.2) is 21.6 Å². The Morgan fingerprint density at radius 2 is 1.88 bits per heavy atom. The van der Waals surface area contributed by atoms with Crippen molar-refractivity contribution in [2.75, 3.05) is 10.6 Å². The third kappa shape index (κ3) is 3.64. The van der Waals surface area contributed by atoms with Crippen LogP contribution < -0.4 is 10.6 Å². The first-order chi connectivity index (χ1) is 11.5. The van der Waals surface area contributed by atoms with Gasteiger partial charge >= 0.3 is 0 Å². The molecule has 0 saturated heterocycles.